The lowest BCUT2D eigenvalue weighted by Gasteiger charge is -2.22. The molecule has 1 saturated carbocycles. The minimum atomic E-state index is -0.192. The van der Waals surface area contributed by atoms with E-state index in [1.165, 1.54) is 77.7 Å². The molecule has 0 N–H and O–H groups in total. The van der Waals surface area contributed by atoms with E-state index in [2.05, 4.69) is 41.9 Å². The molecule has 0 amide bonds. The largest absolute Gasteiger partial charge is 0.469 e. The predicted octanol–water partition coefficient (Wildman–Crippen LogP) is 8.51. The summed E-state index contributed by atoms with van der Waals surface area (Å²) in [6.45, 7) is 8.25. The Kier molecular flexibility index (Phi) is 12.4. The summed E-state index contributed by atoms with van der Waals surface area (Å²) in [5.41, 5.74) is 3.11. The van der Waals surface area contributed by atoms with Crippen molar-refractivity contribution in [3.05, 3.63) is 31.0 Å². The molecule has 8 nitrogen and oxygen atoms in total. The highest BCUT2D eigenvalue weighted by Gasteiger charge is 2.29. The van der Waals surface area contributed by atoms with Crippen molar-refractivity contribution in [3.63, 3.8) is 0 Å². The number of esters is 1. The number of rotatable bonds is 18. The minimum Gasteiger partial charge on any atom is -0.469 e. The van der Waals surface area contributed by atoms with Gasteiger partial charge in [-0.3, -0.25) is 9.48 Å². The molecule has 0 saturated heterocycles. The second-order valence-electron chi connectivity index (χ2n) is 13.4. The van der Waals surface area contributed by atoms with E-state index < -0.39 is 0 Å². The van der Waals surface area contributed by atoms with Crippen LogP contribution in [0.25, 0.3) is 22.3 Å². The quantitative estimate of drug-likeness (QED) is 0.111. The number of hydrogen-bond acceptors (Lipinski definition) is 6. The number of carbonyl (C=O) groups excluding carboxylic acids is 1. The van der Waals surface area contributed by atoms with Crippen molar-refractivity contribution in [2.24, 2.45) is 11.3 Å². The van der Waals surface area contributed by atoms with Crippen LogP contribution in [-0.2, 0) is 21.0 Å². The van der Waals surface area contributed by atoms with Gasteiger partial charge in [-0.15, -0.1) is 0 Å². The zero-order chi connectivity index (χ0) is 29.8. The molecule has 3 aromatic rings. The molecule has 1 aliphatic carbocycles. The van der Waals surface area contributed by atoms with Crippen molar-refractivity contribution in [1.29, 1.82) is 0 Å². The summed E-state index contributed by atoms with van der Waals surface area (Å²) in [5.74, 6) is 0.247. The Morgan fingerprint density at radius 1 is 1.00 bits per heavy atom. The number of hydrogen-bond donors (Lipinski definition) is 0. The molecular formula is C34H53N5O3. The number of unbranched alkanes of at least 4 members (excludes halogenated alkanes) is 8. The van der Waals surface area contributed by atoms with Crippen molar-refractivity contribution in [3.8, 4) is 11.3 Å². The first kappa shape index (κ1) is 32.2. The number of aromatic nitrogens is 5. The third-order valence-corrected chi connectivity index (χ3v) is 8.76. The molecule has 0 unspecified atom stereocenters. The van der Waals surface area contributed by atoms with Crippen LogP contribution in [0.1, 0.15) is 123 Å². The van der Waals surface area contributed by atoms with E-state index in [1.54, 1.807) is 6.33 Å². The topological polar surface area (TPSA) is 84.1 Å². The van der Waals surface area contributed by atoms with E-state index in [-0.39, 0.29) is 12.0 Å². The fraction of sp³-hybridized carbons (Fsp3) is 0.706. The van der Waals surface area contributed by atoms with Crippen LogP contribution in [0.4, 0.5) is 0 Å². The molecule has 1 atom stereocenters. The highest BCUT2D eigenvalue weighted by Crippen LogP contribution is 2.37. The van der Waals surface area contributed by atoms with E-state index in [0.717, 1.165) is 48.2 Å². The number of methoxy groups -OCH3 is 1. The summed E-state index contributed by atoms with van der Waals surface area (Å²) in [4.78, 5) is 21.3. The standard InChI is InChI=1S/C34H53N5O3/c1-34(2,3)19-14-10-8-6-5-7-9-11-15-21-42-26-38-20-18-29-32(35-25-36-33(29)38)28-23-37-39(24-28)30(22-31(40)41-4)27-16-12-13-17-27/h18,20,23-25,27,30H,5-17,19,21-22,26H2,1-4H3/t30-/m1/s1. The Labute approximate surface area is 252 Å². The summed E-state index contributed by atoms with van der Waals surface area (Å²) in [7, 11) is 1.45. The number of fused-ring (bicyclic) bond motifs is 1. The maximum Gasteiger partial charge on any atom is 0.307 e. The number of carbonyl (C=O) groups is 1. The number of nitrogens with zero attached hydrogens (tertiary/aromatic N) is 5. The lowest BCUT2D eigenvalue weighted by Crippen LogP contribution is -2.22. The molecule has 1 aliphatic rings. The lowest BCUT2D eigenvalue weighted by molar-refractivity contribution is -0.142. The van der Waals surface area contributed by atoms with Crippen molar-refractivity contribution in [2.75, 3.05) is 13.7 Å². The Hall–Kier alpha value is -2.74. The lowest BCUT2D eigenvalue weighted by atomic mass is 9.89. The molecular weight excluding hydrogens is 526 g/mol. The van der Waals surface area contributed by atoms with Gasteiger partial charge >= 0.3 is 5.97 Å². The number of ether oxygens (including phenoxy) is 2. The first-order valence-electron chi connectivity index (χ1n) is 16.3. The smallest absolute Gasteiger partial charge is 0.307 e. The van der Waals surface area contributed by atoms with Crippen LogP contribution < -0.4 is 0 Å². The fourth-order valence-electron chi connectivity index (χ4n) is 6.31. The third kappa shape index (κ3) is 9.65. The Morgan fingerprint density at radius 2 is 1.69 bits per heavy atom. The molecule has 8 heteroatoms. The van der Waals surface area contributed by atoms with Gasteiger partial charge in [-0.25, -0.2) is 9.97 Å². The zero-order valence-electron chi connectivity index (χ0n) is 26.5. The maximum atomic E-state index is 12.2. The molecule has 0 aliphatic heterocycles. The molecule has 0 bridgehead atoms. The van der Waals surface area contributed by atoms with E-state index in [1.807, 2.05) is 27.8 Å². The summed E-state index contributed by atoms with van der Waals surface area (Å²) >= 11 is 0. The fourth-order valence-corrected chi connectivity index (χ4v) is 6.31. The van der Waals surface area contributed by atoms with Gasteiger partial charge in [-0.2, -0.15) is 5.10 Å². The average molecular weight is 580 g/mol. The van der Waals surface area contributed by atoms with E-state index >= 15 is 0 Å². The summed E-state index contributed by atoms with van der Waals surface area (Å²) in [5, 5.41) is 5.65. The van der Waals surface area contributed by atoms with E-state index in [9.17, 15) is 4.79 Å². The van der Waals surface area contributed by atoms with Gasteiger partial charge < -0.3 is 14.0 Å². The minimum absolute atomic E-state index is 0.00686. The molecule has 0 radical (unpaired) electrons. The highest BCUT2D eigenvalue weighted by atomic mass is 16.5. The van der Waals surface area contributed by atoms with Gasteiger partial charge in [0, 0.05) is 30.0 Å². The molecule has 1 fully saturated rings. The van der Waals surface area contributed by atoms with E-state index in [0.29, 0.717) is 24.5 Å². The van der Waals surface area contributed by atoms with Crippen molar-refractivity contribution >= 4 is 17.0 Å². The molecule has 0 aromatic carbocycles. The molecule has 232 valence electrons. The van der Waals surface area contributed by atoms with Crippen LogP contribution in [-0.4, -0.2) is 44.0 Å². The summed E-state index contributed by atoms with van der Waals surface area (Å²) < 4.78 is 15.0. The Bertz CT molecular complexity index is 1220. The average Bonchev–Trinajstić information content (AvgIpc) is 3.75. The van der Waals surface area contributed by atoms with Gasteiger partial charge in [0.25, 0.3) is 0 Å². The molecule has 3 heterocycles. The van der Waals surface area contributed by atoms with Crippen LogP contribution in [0.5, 0.6) is 0 Å². The van der Waals surface area contributed by atoms with Crippen molar-refractivity contribution in [2.45, 2.75) is 130 Å². The normalized spacial score (nSPS) is 15.0. The Balaban J connectivity index is 1.21. The maximum absolute atomic E-state index is 12.2. The highest BCUT2D eigenvalue weighted by molar-refractivity contribution is 5.90. The van der Waals surface area contributed by atoms with Gasteiger partial charge in [0.05, 0.1) is 31.5 Å². The summed E-state index contributed by atoms with van der Waals surface area (Å²) in [6.07, 6.45) is 25.7. The van der Waals surface area contributed by atoms with Crippen LogP contribution in [0.15, 0.2) is 31.0 Å². The monoisotopic (exact) mass is 579 g/mol. The molecule has 3 aromatic heterocycles. The Morgan fingerprint density at radius 3 is 2.38 bits per heavy atom. The molecule has 42 heavy (non-hydrogen) atoms. The van der Waals surface area contributed by atoms with Crippen molar-refractivity contribution in [1.82, 2.24) is 24.3 Å². The van der Waals surface area contributed by atoms with Crippen LogP contribution in [0.2, 0.25) is 0 Å². The van der Waals surface area contributed by atoms with E-state index in [4.69, 9.17) is 9.47 Å². The second kappa shape index (κ2) is 16.2. The predicted molar refractivity (Wildman–Crippen MR) is 168 cm³/mol. The zero-order valence-corrected chi connectivity index (χ0v) is 26.5. The van der Waals surface area contributed by atoms with Crippen LogP contribution >= 0.6 is 0 Å². The summed E-state index contributed by atoms with van der Waals surface area (Å²) in [6, 6.07) is 2.06. The van der Waals surface area contributed by atoms with Gasteiger partial charge in [0.15, 0.2) is 0 Å². The molecule has 4 rings (SSSR count). The van der Waals surface area contributed by atoms with Gasteiger partial charge in [-0.1, -0.05) is 85.0 Å². The third-order valence-electron chi connectivity index (χ3n) is 8.76. The SMILES string of the molecule is COC(=O)C[C@H](C1CCCC1)n1cc(-c2ncnc3c2ccn3COCCCCCCCCCCCC(C)(C)C)cn1. The molecule has 0 spiro atoms. The van der Waals surface area contributed by atoms with Gasteiger partial charge in [-0.05, 0) is 43.1 Å². The van der Waals surface area contributed by atoms with Gasteiger partial charge in [0.1, 0.15) is 18.7 Å². The van der Waals surface area contributed by atoms with Crippen LogP contribution in [0, 0.1) is 11.3 Å². The van der Waals surface area contributed by atoms with Crippen LogP contribution in [0.3, 0.4) is 0 Å². The first-order valence-corrected chi connectivity index (χ1v) is 16.3. The second-order valence-corrected chi connectivity index (χ2v) is 13.4. The van der Waals surface area contributed by atoms with Crippen molar-refractivity contribution < 1.29 is 14.3 Å². The van der Waals surface area contributed by atoms with Gasteiger partial charge in [0.2, 0.25) is 0 Å². The first-order chi connectivity index (χ1) is 20.4.